The molecule has 3 saturated heterocycles. The Morgan fingerprint density at radius 1 is 1.45 bits per heavy atom. The quantitative estimate of drug-likeness (QED) is 0.689. The van der Waals surface area contributed by atoms with Crippen LogP contribution in [0.25, 0.3) is 0 Å². The zero-order chi connectivity index (χ0) is 14.3. The number of carbonyl (C=O) groups is 1. The van der Waals surface area contributed by atoms with Gasteiger partial charge in [0.25, 0.3) is 10.0 Å². The summed E-state index contributed by atoms with van der Waals surface area (Å²) in [5.74, 6) is -0.987. The van der Waals surface area contributed by atoms with E-state index >= 15 is 0 Å². The van der Waals surface area contributed by atoms with E-state index in [1.165, 1.54) is 0 Å². The van der Waals surface area contributed by atoms with Crippen molar-refractivity contribution in [1.82, 2.24) is 19.8 Å². The van der Waals surface area contributed by atoms with E-state index in [1.807, 2.05) is 0 Å². The Balaban J connectivity index is 1.82. The maximum atomic E-state index is 12.3. The summed E-state index contributed by atoms with van der Waals surface area (Å²) in [5.41, 5.74) is -0.334. The number of aromatic carboxylic acids is 1. The third-order valence-electron chi connectivity index (χ3n) is 4.07. The average Bonchev–Trinajstić information content (AvgIpc) is 2.89. The molecule has 1 atom stereocenters. The fourth-order valence-corrected chi connectivity index (χ4v) is 4.37. The minimum Gasteiger partial charge on any atom is -0.478 e. The number of nitrogens with zero attached hydrogens (tertiary/aromatic N) is 2. The molecular weight excluding hydrogens is 284 g/mol. The number of nitrogens with one attached hydrogen (secondary N) is 2. The SMILES string of the molecule is O=C(O)c1cn[nH]c1S(=O)(=O)NC1CN2CCC1CC2. The zero-order valence-corrected chi connectivity index (χ0v) is 11.6. The van der Waals surface area contributed by atoms with Gasteiger partial charge in [0.15, 0.2) is 5.03 Å². The molecule has 3 aliphatic rings. The first kappa shape index (κ1) is 13.5. The molecule has 0 aliphatic carbocycles. The van der Waals surface area contributed by atoms with Gasteiger partial charge >= 0.3 is 5.97 Å². The molecule has 0 aromatic carbocycles. The van der Waals surface area contributed by atoms with Gasteiger partial charge in [-0.2, -0.15) is 5.10 Å². The summed E-state index contributed by atoms with van der Waals surface area (Å²) in [6.07, 6.45) is 2.96. The maximum Gasteiger partial charge on any atom is 0.340 e. The minimum atomic E-state index is -3.89. The van der Waals surface area contributed by atoms with Crippen molar-refractivity contribution in [3.05, 3.63) is 11.8 Å². The predicted molar refractivity (Wildman–Crippen MR) is 68.8 cm³/mol. The number of aromatic nitrogens is 2. The van der Waals surface area contributed by atoms with Crippen LogP contribution in [0.2, 0.25) is 0 Å². The van der Waals surface area contributed by atoms with Crippen molar-refractivity contribution < 1.29 is 18.3 Å². The lowest BCUT2D eigenvalue weighted by molar-refractivity contribution is 0.0692. The van der Waals surface area contributed by atoms with Crippen LogP contribution in [0.4, 0.5) is 0 Å². The van der Waals surface area contributed by atoms with Crippen molar-refractivity contribution >= 4 is 16.0 Å². The largest absolute Gasteiger partial charge is 0.478 e. The third kappa shape index (κ3) is 2.32. The first-order chi connectivity index (χ1) is 9.47. The molecule has 0 radical (unpaired) electrons. The molecule has 0 spiro atoms. The monoisotopic (exact) mass is 300 g/mol. The Morgan fingerprint density at radius 3 is 2.70 bits per heavy atom. The van der Waals surface area contributed by atoms with Crippen LogP contribution in [-0.4, -0.2) is 60.3 Å². The van der Waals surface area contributed by atoms with Gasteiger partial charge in [0, 0.05) is 12.6 Å². The Morgan fingerprint density at radius 2 is 2.15 bits per heavy atom. The van der Waals surface area contributed by atoms with Gasteiger partial charge in [-0.25, -0.2) is 17.9 Å². The Bertz CT molecular complexity index is 618. The van der Waals surface area contributed by atoms with Crippen LogP contribution in [0.3, 0.4) is 0 Å². The maximum absolute atomic E-state index is 12.3. The minimum absolute atomic E-state index is 0.160. The van der Waals surface area contributed by atoms with E-state index in [9.17, 15) is 13.2 Å². The van der Waals surface area contributed by atoms with Crippen molar-refractivity contribution in [3.63, 3.8) is 0 Å². The van der Waals surface area contributed by atoms with Crippen molar-refractivity contribution in [3.8, 4) is 0 Å². The molecule has 4 heterocycles. The lowest BCUT2D eigenvalue weighted by Gasteiger charge is -2.44. The van der Waals surface area contributed by atoms with Crippen LogP contribution in [0.1, 0.15) is 23.2 Å². The predicted octanol–water partition coefficient (Wildman–Crippen LogP) is -0.520. The van der Waals surface area contributed by atoms with Gasteiger partial charge in [0.1, 0.15) is 5.56 Å². The van der Waals surface area contributed by atoms with Crippen molar-refractivity contribution in [2.24, 2.45) is 5.92 Å². The molecule has 8 nitrogen and oxygen atoms in total. The van der Waals surface area contributed by atoms with Crippen molar-refractivity contribution in [1.29, 1.82) is 0 Å². The zero-order valence-electron chi connectivity index (χ0n) is 10.7. The fourth-order valence-electron chi connectivity index (χ4n) is 2.99. The highest BCUT2D eigenvalue weighted by Gasteiger charge is 2.37. The number of piperidine rings is 3. The highest BCUT2D eigenvalue weighted by Crippen LogP contribution is 2.28. The average molecular weight is 300 g/mol. The van der Waals surface area contributed by atoms with Crippen molar-refractivity contribution in [2.45, 2.75) is 23.9 Å². The van der Waals surface area contributed by atoms with Crippen LogP contribution >= 0.6 is 0 Å². The summed E-state index contributed by atoms with van der Waals surface area (Å²) in [7, 11) is -3.89. The normalized spacial score (nSPS) is 29.5. The lowest BCUT2D eigenvalue weighted by Crippen LogP contribution is -2.57. The summed E-state index contributed by atoms with van der Waals surface area (Å²) in [6.45, 7) is 2.70. The van der Waals surface area contributed by atoms with E-state index in [1.54, 1.807) is 0 Å². The number of fused-ring (bicyclic) bond motifs is 3. The molecule has 9 heteroatoms. The summed E-state index contributed by atoms with van der Waals surface area (Å²) in [6, 6.07) is -0.160. The molecule has 4 rings (SSSR count). The van der Waals surface area contributed by atoms with Crippen LogP contribution < -0.4 is 4.72 Å². The summed E-state index contributed by atoms with van der Waals surface area (Å²) < 4.78 is 27.2. The number of H-pyrrole nitrogens is 1. The number of hydrogen-bond donors (Lipinski definition) is 3. The molecule has 3 fully saturated rings. The molecule has 110 valence electrons. The number of carboxylic acids is 1. The van der Waals surface area contributed by atoms with Crippen molar-refractivity contribution in [2.75, 3.05) is 19.6 Å². The van der Waals surface area contributed by atoms with Gasteiger partial charge in [0.2, 0.25) is 0 Å². The number of hydrogen-bond acceptors (Lipinski definition) is 5. The molecule has 1 unspecified atom stereocenters. The standard InChI is InChI=1S/C11H16N4O4S/c16-11(17)8-5-12-13-10(8)20(18,19)14-9-6-15-3-1-7(9)2-4-15/h5,7,9,14H,1-4,6H2,(H,12,13)(H,16,17). The second-order valence-electron chi connectivity index (χ2n) is 5.28. The molecule has 0 saturated carbocycles. The molecular formula is C11H16N4O4S. The second kappa shape index (κ2) is 4.83. The summed E-state index contributed by atoms with van der Waals surface area (Å²) in [4.78, 5) is 13.2. The second-order valence-corrected chi connectivity index (χ2v) is 6.93. The topological polar surface area (TPSA) is 115 Å². The first-order valence-electron chi connectivity index (χ1n) is 6.49. The molecule has 0 amide bonds. The van der Waals surface area contributed by atoms with Crippen LogP contribution in [-0.2, 0) is 10.0 Å². The van der Waals surface area contributed by atoms with E-state index in [0.717, 1.165) is 32.1 Å². The van der Waals surface area contributed by atoms with E-state index in [-0.39, 0.29) is 16.6 Å². The van der Waals surface area contributed by atoms with E-state index in [2.05, 4.69) is 19.8 Å². The smallest absolute Gasteiger partial charge is 0.340 e. The van der Waals surface area contributed by atoms with Gasteiger partial charge in [0.05, 0.1) is 6.20 Å². The lowest BCUT2D eigenvalue weighted by atomic mass is 9.85. The van der Waals surface area contributed by atoms with Gasteiger partial charge < -0.3 is 10.0 Å². The number of sulfonamides is 1. The first-order valence-corrected chi connectivity index (χ1v) is 7.97. The Labute approximate surface area is 116 Å². The number of rotatable bonds is 4. The highest BCUT2D eigenvalue weighted by molar-refractivity contribution is 7.89. The molecule has 1 aromatic rings. The van der Waals surface area contributed by atoms with Gasteiger partial charge in [-0.15, -0.1) is 0 Å². The van der Waals surface area contributed by atoms with Gasteiger partial charge in [-0.1, -0.05) is 0 Å². The summed E-state index contributed by atoms with van der Waals surface area (Å²) >= 11 is 0. The van der Waals surface area contributed by atoms with Gasteiger partial charge in [-0.3, -0.25) is 5.10 Å². The molecule has 1 aromatic heterocycles. The molecule has 20 heavy (non-hydrogen) atoms. The van der Waals surface area contributed by atoms with E-state index in [4.69, 9.17) is 5.11 Å². The third-order valence-corrected chi connectivity index (χ3v) is 5.53. The molecule has 3 aliphatic heterocycles. The Hall–Kier alpha value is -1.45. The van der Waals surface area contributed by atoms with Crippen LogP contribution in [0.5, 0.6) is 0 Å². The van der Waals surface area contributed by atoms with Crippen LogP contribution in [0.15, 0.2) is 11.2 Å². The van der Waals surface area contributed by atoms with Gasteiger partial charge in [-0.05, 0) is 31.8 Å². The number of aromatic amines is 1. The fraction of sp³-hybridized carbons (Fsp3) is 0.636. The van der Waals surface area contributed by atoms with Crippen LogP contribution in [0, 0.1) is 5.92 Å². The van der Waals surface area contributed by atoms with E-state index < -0.39 is 16.0 Å². The summed E-state index contributed by atoms with van der Waals surface area (Å²) in [5, 5.41) is 14.4. The molecule has 2 bridgehead atoms. The molecule has 3 N–H and O–H groups in total. The highest BCUT2D eigenvalue weighted by atomic mass is 32.2. The van der Waals surface area contributed by atoms with E-state index in [0.29, 0.717) is 12.5 Å². The Kier molecular flexibility index (Phi) is 3.27. The number of carboxylic acid groups (broad SMARTS) is 1.